The number of amides is 1. The maximum Gasteiger partial charge on any atom is 0.316 e. The van der Waals surface area contributed by atoms with Crippen LogP contribution in [0, 0.1) is 11.6 Å². The molecule has 0 spiro atoms. The molecule has 20 heavy (non-hydrogen) atoms. The lowest BCUT2D eigenvalue weighted by Gasteiger charge is -2.32. The zero-order valence-electron chi connectivity index (χ0n) is 10.2. The second-order valence-corrected chi connectivity index (χ2v) is 6.39. The van der Waals surface area contributed by atoms with E-state index in [0.717, 1.165) is 22.5 Å². The molecule has 1 aromatic rings. The fraction of sp³-hybridized carbons (Fsp3) is 0.364. The molecule has 0 radical (unpaired) electrons. The van der Waals surface area contributed by atoms with Gasteiger partial charge in [0.05, 0.1) is 0 Å². The molecule has 1 aliphatic rings. The lowest BCUT2D eigenvalue weighted by Crippen LogP contribution is -2.49. The normalized spacial score (nSPS) is 17.2. The van der Waals surface area contributed by atoms with Gasteiger partial charge in [-0.3, -0.25) is 4.79 Å². The molecule has 1 aliphatic heterocycles. The number of sulfonamides is 1. The Balaban J connectivity index is 2.27. The Labute approximate surface area is 119 Å². The van der Waals surface area contributed by atoms with E-state index in [4.69, 9.17) is 11.6 Å². The van der Waals surface area contributed by atoms with Gasteiger partial charge in [-0.05, 0) is 23.7 Å². The van der Waals surface area contributed by atoms with Crippen LogP contribution < -0.4 is 0 Å². The third kappa shape index (κ3) is 2.77. The first-order valence-electron chi connectivity index (χ1n) is 5.72. The average molecular weight is 325 g/mol. The van der Waals surface area contributed by atoms with E-state index in [0.29, 0.717) is 0 Å². The summed E-state index contributed by atoms with van der Waals surface area (Å²) in [6, 6.07) is 2.86. The standard InChI is InChI=1S/C11H11ClF2N2O3S/c12-11(17)15-4-6-16(7-5-15)20(18,19)10-8(13)2-1-3-9(10)14/h1-3H,4-7H2. The summed E-state index contributed by atoms with van der Waals surface area (Å²) in [5, 5.41) is -0.681. The largest absolute Gasteiger partial charge is 0.327 e. The van der Waals surface area contributed by atoms with Gasteiger partial charge in [-0.15, -0.1) is 0 Å². The highest BCUT2D eigenvalue weighted by Gasteiger charge is 2.33. The van der Waals surface area contributed by atoms with Crippen LogP contribution in [-0.4, -0.2) is 49.2 Å². The second-order valence-electron chi connectivity index (χ2n) is 4.19. The zero-order chi connectivity index (χ0) is 14.9. The molecule has 1 amide bonds. The van der Waals surface area contributed by atoms with Crippen molar-refractivity contribution < 1.29 is 22.0 Å². The number of hydrogen-bond donors (Lipinski definition) is 0. The first-order chi connectivity index (χ1) is 9.34. The molecule has 0 unspecified atom stereocenters. The molecule has 0 saturated carbocycles. The molecule has 0 atom stereocenters. The first-order valence-corrected chi connectivity index (χ1v) is 7.54. The summed E-state index contributed by atoms with van der Waals surface area (Å²) in [5.74, 6) is -2.28. The van der Waals surface area contributed by atoms with Crippen LogP contribution in [0.3, 0.4) is 0 Å². The number of nitrogens with zero attached hydrogens (tertiary/aromatic N) is 2. The van der Waals surface area contributed by atoms with Crippen molar-refractivity contribution in [1.29, 1.82) is 0 Å². The van der Waals surface area contributed by atoms with Gasteiger partial charge >= 0.3 is 5.37 Å². The summed E-state index contributed by atoms with van der Waals surface area (Å²) >= 11 is 5.29. The van der Waals surface area contributed by atoms with Gasteiger partial charge in [0.1, 0.15) is 11.6 Å². The number of halogens is 3. The molecule has 1 heterocycles. The molecule has 2 rings (SSSR count). The zero-order valence-corrected chi connectivity index (χ0v) is 11.8. The Morgan fingerprint density at radius 3 is 2.05 bits per heavy atom. The molecule has 9 heteroatoms. The van der Waals surface area contributed by atoms with Crippen molar-refractivity contribution in [3.05, 3.63) is 29.8 Å². The summed E-state index contributed by atoms with van der Waals surface area (Å²) in [7, 11) is -4.27. The Bertz CT molecular complexity index is 610. The summed E-state index contributed by atoms with van der Waals surface area (Å²) in [6.45, 7) is 0.0401. The SMILES string of the molecule is O=C(Cl)N1CCN(S(=O)(=O)c2c(F)cccc2F)CC1. The van der Waals surface area contributed by atoms with Crippen molar-refractivity contribution >= 4 is 27.0 Å². The van der Waals surface area contributed by atoms with E-state index in [2.05, 4.69) is 0 Å². The van der Waals surface area contributed by atoms with Crippen molar-refractivity contribution in [3.63, 3.8) is 0 Å². The average Bonchev–Trinajstić information content (AvgIpc) is 2.38. The Kier molecular flexibility index (Phi) is 4.26. The molecule has 1 fully saturated rings. The van der Waals surface area contributed by atoms with E-state index in [1.54, 1.807) is 0 Å². The van der Waals surface area contributed by atoms with E-state index >= 15 is 0 Å². The van der Waals surface area contributed by atoms with Gasteiger partial charge in [0, 0.05) is 26.2 Å². The predicted octanol–water partition coefficient (Wildman–Crippen LogP) is 1.63. The molecule has 0 aromatic heterocycles. The van der Waals surface area contributed by atoms with Crippen LogP contribution in [0.2, 0.25) is 0 Å². The molecule has 1 saturated heterocycles. The minimum atomic E-state index is -4.27. The lowest BCUT2D eigenvalue weighted by molar-refractivity contribution is 0.193. The third-order valence-electron chi connectivity index (χ3n) is 3.00. The van der Waals surface area contributed by atoms with E-state index in [1.807, 2.05) is 0 Å². The Morgan fingerprint density at radius 1 is 1.10 bits per heavy atom. The van der Waals surface area contributed by atoms with Crippen LogP contribution >= 0.6 is 11.6 Å². The Hall–Kier alpha value is -1.25. The van der Waals surface area contributed by atoms with Crippen LogP contribution in [0.25, 0.3) is 0 Å². The predicted molar refractivity (Wildman–Crippen MR) is 67.9 cm³/mol. The number of rotatable bonds is 2. The van der Waals surface area contributed by atoms with Gasteiger partial charge in [0.25, 0.3) is 0 Å². The van der Waals surface area contributed by atoms with E-state index in [1.165, 1.54) is 4.90 Å². The maximum atomic E-state index is 13.6. The van der Waals surface area contributed by atoms with Gasteiger partial charge in [-0.1, -0.05) is 6.07 Å². The molecular weight excluding hydrogens is 314 g/mol. The minimum Gasteiger partial charge on any atom is -0.327 e. The van der Waals surface area contributed by atoms with Crippen molar-refractivity contribution in [3.8, 4) is 0 Å². The highest BCUT2D eigenvalue weighted by Crippen LogP contribution is 2.23. The number of carbonyl (C=O) groups excluding carboxylic acids is 1. The summed E-state index contributed by atoms with van der Waals surface area (Å²) in [5.41, 5.74) is 0. The van der Waals surface area contributed by atoms with Gasteiger partial charge in [0.2, 0.25) is 10.0 Å². The van der Waals surface area contributed by atoms with Crippen LogP contribution in [-0.2, 0) is 10.0 Å². The molecular formula is C11H11ClF2N2O3S. The smallest absolute Gasteiger partial charge is 0.316 e. The van der Waals surface area contributed by atoms with Gasteiger partial charge < -0.3 is 4.90 Å². The number of benzene rings is 1. The van der Waals surface area contributed by atoms with Gasteiger partial charge in [-0.2, -0.15) is 4.31 Å². The summed E-state index contributed by atoms with van der Waals surface area (Å²) in [6.07, 6.45) is 0. The summed E-state index contributed by atoms with van der Waals surface area (Å²) < 4.78 is 52.5. The van der Waals surface area contributed by atoms with Crippen LogP contribution in [0.15, 0.2) is 23.1 Å². The van der Waals surface area contributed by atoms with Gasteiger partial charge in [0.15, 0.2) is 4.90 Å². The monoisotopic (exact) mass is 324 g/mol. The maximum absolute atomic E-state index is 13.6. The third-order valence-corrected chi connectivity index (χ3v) is 5.19. The molecule has 1 aromatic carbocycles. The number of piperazine rings is 1. The summed E-state index contributed by atoms with van der Waals surface area (Å²) in [4.78, 5) is 11.2. The molecule has 0 N–H and O–H groups in total. The van der Waals surface area contributed by atoms with Crippen molar-refractivity contribution in [2.75, 3.05) is 26.2 Å². The molecule has 0 aliphatic carbocycles. The van der Waals surface area contributed by atoms with Crippen LogP contribution in [0.4, 0.5) is 13.6 Å². The highest BCUT2D eigenvalue weighted by molar-refractivity contribution is 7.89. The van der Waals surface area contributed by atoms with Crippen molar-refractivity contribution in [2.24, 2.45) is 0 Å². The minimum absolute atomic E-state index is 0.0609. The quantitative estimate of drug-likeness (QED) is 0.614. The second kappa shape index (κ2) is 5.63. The van der Waals surface area contributed by atoms with E-state index in [-0.39, 0.29) is 26.2 Å². The lowest BCUT2D eigenvalue weighted by atomic mass is 10.3. The topological polar surface area (TPSA) is 57.7 Å². The van der Waals surface area contributed by atoms with Crippen molar-refractivity contribution in [1.82, 2.24) is 9.21 Å². The van der Waals surface area contributed by atoms with E-state index in [9.17, 15) is 22.0 Å². The number of hydrogen-bond acceptors (Lipinski definition) is 3. The Morgan fingerprint density at radius 2 is 1.60 bits per heavy atom. The molecule has 5 nitrogen and oxygen atoms in total. The fourth-order valence-electron chi connectivity index (χ4n) is 1.96. The highest BCUT2D eigenvalue weighted by atomic mass is 35.5. The van der Waals surface area contributed by atoms with E-state index < -0.39 is 31.9 Å². The first kappa shape index (κ1) is 15.1. The van der Waals surface area contributed by atoms with Crippen molar-refractivity contribution in [2.45, 2.75) is 4.90 Å². The molecule has 110 valence electrons. The number of carbonyl (C=O) groups is 1. The van der Waals surface area contributed by atoms with Crippen LogP contribution in [0.1, 0.15) is 0 Å². The molecule has 0 bridgehead atoms. The van der Waals surface area contributed by atoms with Gasteiger partial charge in [-0.25, -0.2) is 17.2 Å². The fourth-order valence-corrected chi connectivity index (χ4v) is 3.66. The van der Waals surface area contributed by atoms with Crippen LogP contribution in [0.5, 0.6) is 0 Å².